The van der Waals surface area contributed by atoms with Crippen molar-refractivity contribution < 1.29 is 0 Å². The summed E-state index contributed by atoms with van der Waals surface area (Å²) in [5.74, 6) is 1.98. The van der Waals surface area contributed by atoms with Crippen LogP contribution in [-0.2, 0) is 0 Å². The molecule has 0 bridgehead atoms. The molecular formula is C15H24. The summed E-state index contributed by atoms with van der Waals surface area (Å²) in [6.07, 6.45) is 10.7. The number of rotatable bonds is 0. The van der Waals surface area contributed by atoms with E-state index in [1.54, 1.807) is 0 Å². The summed E-state index contributed by atoms with van der Waals surface area (Å²) in [6, 6.07) is 0. The van der Waals surface area contributed by atoms with Gasteiger partial charge in [-0.05, 0) is 53.8 Å². The molecule has 0 spiro atoms. The minimum Gasteiger partial charge on any atom is -0.0874 e. The van der Waals surface area contributed by atoms with E-state index in [4.69, 9.17) is 0 Å². The molecule has 3 aliphatic carbocycles. The zero-order valence-electron chi connectivity index (χ0n) is 10.6. The van der Waals surface area contributed by atoms with Crippen molar-refractivity contribution in [2.45, 2.75) is 53.4 Å². The Morgan fingerprint density at radius 1 is 1.07 bits per heavy atom. The quantitative estimate of drug-likeness (QED) is 0.513. The van der Waals surface area contributed by atoms with Crippen molar-refractivity contribution >= 4 is 0 Å². The smallest absolute Gasteiger partial charge is 0.00585 e. The third-order valence-electron chi connectivity index (χ3n) is 6.35. The Bertz CT molecular complexity index is 325. The predicted octanol–water partition coefficient (Wildman–Crippen LogP) is 4.42. The van der Waals surface area contributed by atoms with Crippen LogP contribution in [-0.4, -0.2) is 0 Å². The van der Waals surface area contributed by atoms with Crippen molar-refractivity contribution in [3.05, 3.63) is 12.2 Å². The second kappa shape index (κ2) is 2.52. The maximum absolute atomic E-state index is 2.55. The number of hydrogen-bond donors (Lipinski definition) is 0. The van der Waals surface area contributed by atoms with E-state index in [0.29, 0.717) is 16.2 Å². The van der Waals surface area contributed by atoms with Gasteiger partial charge in [-0.25, -0.2) is 0 Å². The highest BCUT2D eigenvalue weighted by Gasteiger charge is 2.62. The van der Waals surface area contributed by atoms with Crippen LogP contribution in [0, 0.1) is 28.1 Å². The molecule has 0 heteroatoms. The van der Waals surface area contributed by atoms with Crippen LogP contribution in [0.4, 0.5) is 0 Å². The van der Waals surface area contributed by atoms with Crippen molar-refractivity contribution in [1.29, 1.82) is 0 Å². The average Bonchev–Trinajstić information content (AvgIpc) is 2.41. The molecule has 15 heavy (non-hydrogen) atoms. The SMILES string of the molecule is CC1(C)CC2C1CCC1(C)CC=CC21C. The van der Waals surface area contributed by atoms with Gasteiger partial charge in [0.05, 0.1) is 0 Å². The van der Waals surface area contributed by atoms with E-state index < -0.39 is 0 Å². The summed E-state index contributed by atoms with van der Waals surface area (Å²) in [5.41, 5.74) is 1.74. The molecule has 2 fully saturated rings. The maximum Gasteiger partial charge on any atom is -0.00585 e. The Balaban J connectivity index is 1.96. The first-order valence-corrected chi connectivity index (χ1v) is 6.57. The zero-order valence-corrected chi connectivity index (χ0v) is 10.6. The normalized spacial score (nSPS) is 55.7. The van der Waals surface area contributed by atoms with Crippen molar-refractivity contribution in [2.75, 3.05) is 0 Å². The van der Waals surface area contributed by atoms with Crippen LogP contribution in [0.5, 0.6) is 0 Å². The Morgan fingerprint density at radius 2 is 1.80 bits per heavy atom. The van der Waals surface area contributed by atoms with Crippen LogP contribution < -0.4 is 0 Å². The van der Waals surface area contributed by atoms with Gasteiger partial charge in [0.15, 0.2) is 0 Å². The van der Waals surface area contributed by atoms with E-state index in [9.17, 15) is 0 Å². The van der Waals surface area contributed by atoms with E-state index in [0.717, 1.165) is 11.8 Å². The van der Waals surface area contributed by atoms with Gasteiger partial charge in [-0.1, -0.05) is 39.8 Å². The lowest BCUT2D eigenvalue weighted by Gasteiger charge is -2.65. The molecule has 0 nitrogen and oxygen atoms in total. The summed E-state index contributed by atoms with van der Waals surface area (Å²) in [6.45, 7) is 9.99. The monoisotopic (exact) mass is 204 g/mol. The lowest BCUT2D eigenvalue weighted by Crippen LogP contribution is -2.58. The van der Waals surface area contributed by atoms with Gasteiger partial charge in [0, 0.05) is 0 Å². The molecule has 3 aliphatic rings. The molecule has 2 saturated carbocycles. The minimum atomic E-state index is 0.519. The molecule has 3 rings (SSSR count). The van der Waals surface area contributed by atoms with Gasteiger partial charge in [0.2, 0.25) is 0 Å². The minimum absolute atomic E-state index is 0.519. The van der Waals surface area contributed by atoms with Gasteiger partial charge in [0.1, 0.15) is 0 Å². The van der Waals surface area contributed by atoms with E-state index in [1.807, 2.05) is 0 Å². The molecule has 0 radical (unpaired) electrons. The van der Waals surface area contributed by atoms with Gasteiger partial charge < -0.3 is 0 Å². The van der Waals surface area contributed by atoms with Gasteiger partial charge in [-0.15, -0.1) is 0 Å². The molecule has 0 N–H and O–H groups in total. The molecule has 0 amide bonds. The lowest BCUT2D eigenvalue weighted by atomic mass is 9.39. The van der Waals surface area contributed by atoms with Gasteiger partial charge in [-0.3, -0.25) is 0 Å². The molecule has 0 aromatic rings. The molecule has 0 saturated heterocycles. The van der Waals surface area contributed by atoms with Crippen LogP contribution in [0.25, 0.3) is 0 Å². The van der Waals surface area contributed by atoms with Crippen molar-refractivity contribution in [1.82, 2.24) is 0 Å². The molecular weight excluding hydrogens is 180 g/mol. The second-order valence-electron chi connectivity index (χ2n) is 7.39. The number of fused-ring (bicyclic) bond motifs is 3. The van der Waals surface area contributed by atoms with Crippen LogP contribution in [0.3, 0.4) is 0 Å². The van der Waals surface area contributed by atoms with Crippen LogP contribution >= 0.6 is 0 Å². The van der Waals surface area contributed by atoms with Crippen LogP contribution in [0.1, 0.15) is 53.4 Å². The molecule has 4 unspecified atom stereocenters. The Labute approximate surface area is 94.1 Å². The average molecular weight is 204 g/mol. The fourth-order valence-corrected chi connectivity index (χ4v) is 4.87. The summed E-state index contributed by atoms with van der Waals surface area (Å²) < 4.78 is 0. The predicted molar refractivity (Wildman–Crippen MR) is 64.6 cm³/mol. The number of allylic oxidation sites excluding steroid dienone is 2. The fourth-order valence-electron chi connectivity index (χ4n) is 4.87. The first kappa shape index (κ1) is 9.93. The first-order valence-electron chi connectivity index (χ1n) is 6.57. The summed E-state index contributed by atoms with van der Waals surface area (Å²) >= 11 is 0. The van der Waals surface area contributed by atoms with Gasteiger partial charge >= 0.3 is 0 Å². The molecule has 0 aromatic heterocycles. The molecule has 0 aromatic carbocycles. The van der Waals surface area contributed by atoms with E-state index in [-0.39, 0.29) is 0 Å². The highest BCUT2D eigenvalue weighted by Crippen LogP contribution is 2.71. The third-order valence-corrected chi connectivity index (χ3v) is 6.35. The maximum atomic E-state index is 2.55. The summed E-state index contributed by atoms with van der Waals surface area (Å²) in [7, 11) is 0. The topological polar surface area (TPSA) is 0 Å². The van der Waals surface area contributed by atoms with E-state index in [1.165, 1.54) is 25.7 Å². The first-order chi connectivity index (χ1) is 6.89. The van der Waals surface area contributed by atoms with E-state index in [2.05, 4.69) is 39.8 Å². The van der Waals surface area contributed by atoms with E-state index >= 15 is 0 Å². The lowest BCUT2D eigenvalue weighted by molar-refractivity contribution is -0.151. The van der Waals surface area contributed by atoms with Gasteiger partial charge in [-0.2, -0.15) is 0 Å². The molecule has 84 valence electrons. The standard InChI is InChI=1S/C15H24/c1-13(2)10-12-11(13)6-9-14(3)7-5-8-15(12,14)4/h5,8,11-12H,6-7,9-10H2,1-4H3. The molecule has 4 atom stereocenters. The number of hydrogen-bond acceptors (Lipinski definition) is 0. The van der Waals surface area contributed by atoms with Crippen LogP contribution in [0.2, 0.25) is 0 Å². The highest BCUT2D eigenvalue weighted by atomic mass is 14.7. The summed E-state index contributed by atoms with van der Waals surface area (Å²) in [4.78, 5) is 0. The van der Waals surface area contributed by atoms with Gasteiger partial charge in [0.25, 0.3) is 0 Å². The second-order valence-corrected chi connectivity index (χ2v) is 7.39. The Kier molecular flexibility index (Phi) is 1.67. The third kappa shape index (κ3) is 0.990. The van der Waals surface area contributed by atoms with Crippen molar-refractivity contribution in [2.24, 2.45) is 28.1 Å². The zero-order chi connectivity index (χ0) is 10.9. The summed E-state index contributed by atoms with van der Waals surface area (Å²) in [5, 5.41) is 0. The van der Waals surface area contributed by atoms with Crippen molar-refractivity contribution in [3.8, 4) is 0 Å². The molecule has 0 aliphatic heterocycles. The Morgan fingerprint density at radius 3 is 2.47 bits per heavy atom. The fraction of sp³-hybridized carbons (Fsp3) is 0.867. The molecule has 0 heterocycles. The van der Waals surface area contributed by atoms with Crippen molar-refractivity contribution in [3.63, 3.8) is 0 Å². The van der Waals surface area contributed by atoms with Crippen LogP contribution in [0.15, 0.2) is 12.2 Å². The largest absolute Gasteiger partial charge is 0.0874 e. The Hall–Kier alpha value is -0.260. The highest BCUT2D eigenvalue weighted by molar-refractivity contribution is 5.23.